The molecule has 0 atom stereocenters. The molecule has 124 valence electrons. The average molecular weight is 339 g/mol. The van der Waals surface area contributed by atoms with Crippen LogP contribution in [0.15, 0.2) is 0 Å². The number of amides is 2. The molecule has 0 aromatic rings. The molecule has 0 spiro atoms. The van der Waals surface area contributed by atoms with Gasteiger partial charge in [-0.15, -0.1) is 0 Å². The van der Waals surface area contributed by atoms with Crippen LogP contribution in [0.1, 0.15) is 38.5 Å². The van der Waals surface area contributed by atoms with Gasteiger partial charge in [-0.2, -0.15) is 0 Å². The topological polar surface area (TPSA) is 117 Å². The Kier molecular flexibility index (Phi) is 15.0. The van der Waals surface area contributed by atoms with Gasteiger partial charge < -0.3 is 25.7 Å². The summed E-state index contributed by atoms with van der Waals surface area (Å²) in [5.41, 5.74) is 9.52. The molecule has 1 fully saturated rings. The summed E-state index contributed by atoms with van der Waals surface area (Å²) in [5, 5.41) is 3.28. The summed E-state index contributed by atoms with van der Waals surface area (Å²) < 4.78 is 8.98. The van der Waals surface area contributed by atoms with Gasteiger partial charge in [0.15, 0.2) is 0 Å². The number of ether oxygens (including phenoxy) is 1. The fraction of sp³-hybridized carbons (Fsp3) is 0.833. The molecule has 1 aliphatic heterocycles. The van der Waals surface area contributed by atoms with Gasteiger partial charge in [0.25, 0.3) is 0 Å². The molecule has 0 aliphatic carbocycles. The molecule has 0 unspecified atom stereocenters. The fourth-order valence-corrected chi connectivity index (χ4v) is 2.91. The van der Waals surface area contributed by atoms with Crippen LogP contribution in [0.5, 0.6) is 0 Å². The van der Waals surface area contributed by atoms with Gasteiger partial charge in [0, 0.05) is 5.75 Å². The van der Waals surface area contributed by atoms with Crippen molar-refractivity contribution in [1.82, 2.24) is 5.32 Å². The maximum Gasteiger partial charge on any atom is 0.417 e. The standard InChI is InChI=1S/C7H14N2O4S2.C5H11N/c8-6(10)12-4-2-1-3-5-14-15-13-7(9)11;1-2-4-6-5-3-1/h1-5H2,(H2,8,10)(H2,9,11);6H,1-5H2. The predicted molar refractivity (Wildman–Crippen MR) is 86.8 cm³/mol. The summed E-state index contributed by atoms with van der Waals surface area (Å²) >= 11 is 0.967. The highest BCUT2D eigenvalue weighted by atomic mass is 33.1. The third-order valence-corrected chi connectivity index (χ3v) is 4.26. The van der Waals surface area contributed by atoms with Crippen molar-refractivity contribution in [3.8, 4) is 0 Å². The van der Waals surface area contributed by atoms with Gasteiger partial charge in [-0.3, -0.25) is 0 Å². The Morgan fingerprint density at radius 3 is 2.19 bits per heavy atom. The lowest BCUT2D eigenvalue weighted by Gasteiger charge is -2.08. The van der Waals surface area contributed by atoms with E-state index in [-0.39, 0.29) is 0 Å². The maximum absolute atomic E-state index is 10.2. The van der Waals surface area contributed by atoms with Crippen molar-refractivity contribution in [3.05, 3.63) is 0 Å². The van der Waals surface area contributed by atoms with E-state index < -0.39 is 12.2 Å². The Hall–Kier alpha value is -0.800. The molecular formula is C12H25N3O4S2. The van der Waals surface area contributed by atoms with Gasteiger partial charge in [0.2, 0.25) is 0 Å². The highest BCUT2D eigenvalue weighted by Gasteiger charge is 1.97. The molecule has 1 saturated heterocycles. The second-order valence-electron chi connectivity index (χ2n) is 4.33. The first-order chi connectivity index (χ1) is 10.1. The van der Waals surface area contributed by atoms with E-state index >= 15 is 0 Å². The second-order valence-corrected chi connectivity index (χ2v) is 6.39. The summed E-state index contributed by atoms with van der Waals surface area (Å²) in [5.74, 6) is 0.842. The summed E-state index contributed by atoms with van der Waals surface area (Å²) in [4.78, 5) is 20.3. The quantitative estimate of drug-likeness (QED) is 0.353. The van der Waals surface area contributed by atoms with Crippen LogP contribution in [-0.2, 0) is 8.92 Å². The maximum atomic E-state index is 10.2. The van der Waals surface area contributed by atoms with Crippen molar-refractivity contribution < 1.29 is 18.5 Å². The number of nitrogens with one attached hydrogen (secondary N) is 1. The van der Waals surface area contributed by atoms with Crippen LogP contribution in [0.25, 0.3) is 0 Å². The Balaban J connectivity index is 0.000000547. The number of nitrogens with two attached hydrogens (primary N) is 2. The van der Waals surface area contributed by atoms with Gasteiger partial charge in [-0.1, -0.05) is 17.2 Å². The van der Waals surface area contributed by atoms with E-state index in [4.69, 9.17) is 11.5 Å². The molecule has 0 saturated carbocycles. The highest BCUT2D eigenvalue weighted by molar-refractivity contribution is 8.75. The van der Waals surface area contributed by atoms with Crippen molar-refractivity contribution in [1.29, 1.82) is 0 Å². The van der Waals surface area contributed by atoms with Gasteiger partial charge >= 0.3 is 12.2 Å². The zero-order valence-corrected chi connectivity index (χ0v) is 13.8. The number of hydrogen-bond acceptors (Lipinski definition) is 7. The molecular weight excluding hydrogens is 314 g/mol. The minimum atomic E-state index is -0.789. The molecule has 21 heavy (non-hydrogen) atoms. The minimum absolute atomic E-state index is 0.352. The number of primary amides is 2. The van der Waals surface area contributed by atoms with Gasteiger partial charge in [0.1, 0.15) is 11.1 Å². The molecule has 0 bridgehead atoms. The van der Waals surface area contributed by atoms with E-state index in [2.05, 4.69) is 14.2 Å². The largest absolute Gasteiger partial charge is 0.450 e. The Labute approximate surface area is 133 Å². The normalized spacial score (nSPS) is 13.7. The van der Waals surface area contributed by atoms with Crippen LogP contribution in [0.2, 0.25) is 0 Å². The summed E-state index contributed by atoms with van der Waals surface area (Å²) in [6.45, 7) is 2.85. The molecule has 0 aromatic heterocycles. The third kappa shape index (κ3) is 19.2. The van der Waals surface area contributed by atoms with Gasteiger partial charge in [-0.25, -0.2) is 9.59 Å². The first-order valence-electron chi connectivity index (χ1n) is 7.01. The number of unbranched alkanes of at least 4 members (excludes halogenated alkanes) is 2. The second kappa shape index (κ2) is 15.6. The van der Waals surface area contributed by atoms with Crippen molar-refractivity contribution in [2.75, 3.05) is 25.4 Å². The number of rotatable bonds is 8. The van der Waals surface area contributed by atoms with Crippen LogP contribution < -0.4 is 16.8 Å². The van der Waals surface area contributed by atoms with Crippen molar-refractivity contribution in [2.24, 2.45) is 11.5 Å². The van der Waals surface area contributed by atoms with Crippen LogP contribution in [0, 0.1) is 0 Å². The molecule has 1 heterocycles. The summed E-state index contributed by atoms with van der Waals surface area (Å²) in [6, 6.07) is 0. The van der Waals surface area contributed by atoms with Crippen LogP contribution >= 0.6 is 21.9 Å². The van der Waals surface area contributed by atoms with Gasteiger partial charge in [0.05, 0.1) is 6.61 Å². The Morgan fingerprint density at radius 2 is 1.71 bits per heavy atom. The predicted octanol–water partition coefficient (Wildman–Crippen LogP) is 2.40. The zero-order valence-electron chi connectivity index (χ0n) is 12.2. The lowest BCUT2D eigenvalue weighted by atomic mass is 10.2. The molecule has 1 aliphatic rings. The molecule has 0 aromatic carbocycles. The van der Waals surface area contributed by atoms with E-state index in [0.717, 1.165) is 36.1 Å². The van der Waals surface area contributed by atoms with E-state index in [0.29, 0.717) is 6.61 Å². The van der Waals surface area contributed by atoms with Crippen LogP contribution in [-0.4, -0.2) is 37.6 Å². The fourth-order valence-electron chi connectivity index (χ4n) is 1.51. The highest BCUT2D eigenvalue weighted by Crippen LogP contribution is 2.23. The van der Waals surface area contributed by atoms with E-state index in [9.17, 15) is 9.59 Å². The summed E-state index contributed by atoms with van der Waals surface area (Å²) in [6.07, 6.45) is 5.34. The monoisotopic (exact) mass is 339 g/mol. The molecule has 0 radical (unpaired) electrons. The van der Waals surface area contributed by atoms with E-state index in [1.165, 1.54) is 43.1 Å². The van der Waals surface area contributed by atoms with Crippen LogP contribution in [0.4, 0.5) is 9.59 Å². The smallest absolute Gasteiger partial charge is 0.417 e. The van der Waals surface area contributed by atoms with Crippen molar-refractivity contribution >= 4 is 34.1 Å². The lowest BCUT2D eigenvalue weighted by molar-refractivity contribution is 0.154. The number of hydrogen-bond donors (Lipinski definition) is 3. The van der Waals surface area contributed by atoms with E-state index in [1.807, 2.05) is 0 Å². The molecule has 5 N–H and O–H groups in total. The van der Waals surface area contributed by atoms with Crippen LogP contribution in [0.3, 0.4) is 0 Å². The number of carbonyl (C=O) groups excluding carboxylic acids is 2. The van der Waals surface area contributed by atoms with Crippen molar-refractivity contribution in [2.45, 2.75) is 38.5 Å². The van der Waals surface area contributed by atoms with E-state index in [1.54, 1.807) is 0 Å². The first-order valence-corrected chi connectivity index (χ1v) is 9.26. The molecule has 9 heteroatoms. The SMILES string of the molecule is C1CCNCC1.NC(=O)OCCCCCSSOC(N)=O. The minimum Gasteiger partial charge on any atom is -0.450 e. The Bertz CT molecular complexity index is 248. The third-order valence-electron chi connectivity index (χ3n) is 2.49. The lowest BCUT2D eigenvalue weighted by Crippen LogP contribution is -2.21. The van der Waals surface area contributed by atoms with Gasteiger partial charge in [-0.05, 0) is 45.2 Å². The molecule has 7 nitrogen and oxygen atoms in total. The summed E-state index contributed by atoms with van der Waals surface area (Å²) in [7, 11) is 1.41. The Morgan fingerprint density at radius 1 is 1.00 bits per heavy atom. The molecule has 2 amide bonds. The molecule has 1 rings (SSSR count). The number of piperidine rings is 1. The van der Waals surface area contributed by atoms with Crippen molar-refractivity contribution in [3.63, 3.8) is 0 Å². The average Bonchev–Trinajstić information content (AvgIpc) is 2.47. The zero-order chi connectivity index (χ0) is 15.8. The number of carbonyl (C=O) groups is 2. The first kappa shape index (κ1) is 20.2.